The van der Waals surface area contributed by atoms with Crippen molar-refractivity contribution >= 4 is 23.8 Å². The first-order chi connectivity index (χ1) is 12.7. The largest absolute Gasteiger partial charge is 0.464 e. The van der Waals surface area contributed by atoms with Crippen molar-refractivity contribution in [3.8, 4) is 0 Å². The lowest BCUT2D eigenvalue weighted by atomic mass is 10.0. The van der Waals surface area contributed by atoms with E-state index >= 15 is 0 Å². The van der Waals surface area contributed by atoms with Crippen LogP contribution in [0.15, 0.2) is 45.9 Å². The van der Waals surface area contributed by atoms with Crippen LogP contribution in [-0.4, -0.2) is 30.2 Å². The summed E-state index contributed by atoms with van der Waals surface area (Å²) in [5.74, 6) is 1.98. The van der Waals surface area contributed by atoms with Crippen molar-refractivity contribution in [2.45, 2.75) is 52.0 Å². The van der Waals surface area contributed by atoms with Crippen LogP contribution < -0.4 is 5.01 Å². The molecule has 0 radical (unpaired) electrons. The second-order valence-electron chi connectivity index (χ2n) is 7.67. The third-order valence-corrected chi connectivity index (χ3v) is 5.53. The lowest BCUT2D eigenvalue weighted by Crippen LogP contribution is -2.31. The van der Waals surface area contributed by atoms with Gasteiger partial charge in [0.2, 0.25) is 0 Å². The summed E-state index contributed by atoms with van der Waals surface area (Å²) in [6.07, 6.45) is 6.08. The maximum absolute atomic E-state index is 5.96. The van der Waals surface area contributed by atoms with Gasteiger partial charge in [-0.25, -0.2) is 0 Å². The van der Waals surface area contributed by atoms with Gasteiger partial charge < -0.3 is 9.32 Å². The number of hydrazone groups is 1. The molecule has 0 N–H and O–H groups in total. The number of aryl methyl sites for hydroxylation is 2. The van der Waals surface area contributed by atoms with Crippen LogP contribution in [0.1, 0.15) is 55.2 Å². The minimum Gasteiger partial charge on any atom is -0.464 e. The molecule has 0 bridgehead atoms. The van der Waals surface area contributed by atoms with Crippen molar-refractivity contribution in [2.75, 3.05) is 24.6 Å². The zero-order valence-corrected chi connectivity index (χ0v) is 17.2. The Morgan fingerprint density at radius 1 is 1.00 bits per heavy atom. The molecule has 5 heteroatoms. The quantitative estimate of drug-likeness (QED) is 0.678. The van der Waals surface area contributed by atoms with E-state index in [0.29, 0.717) is 0 Å². The van der Waals surface area contributed by atoms with E-state index < -0.39 is 0 Å². The van der Waals surface area contributed by atoms with E-state index in [1.54, 1.807) is 0 Å². The lowest BCUT2D eigenvalue weighted by molar-refractivity contribution is 0.234. The van der Waals surface area contributed by atoms with Gasteiger partial charge in [-0.2, -0.15) is 5.10 Å². The number of anilines is 1. The minimum absolute atomic E-state index is 0. The minimum atomic E-state index is 0. The van der Waals surface area contributed by atoms with Crippen molar-refractivity contribution in [2.24, 2.45) is 5.10 Å². The fourth-order valence-corrected chi connectivity index (χ4v) is 3.98. The van der Waals surface area contributed by atoms with E-state index in [1.807, 2.05) is 13.0 Å². The van der Waals surface area contributed by atoms with Crippen molar-refractivity contribution in [3.63, 3.8) is 0 Å². The third kappa shape index (κ3) is 4.74. The zero-order valence-electron chi connectivity index (χ0n) is 16.4. The molecule has 2 aliphatic rings. The van der Waals surface area contributed by atoms with Gasteiger partial charge in [0.05, 0.1) is 5.69 Å². The number of hydrogen-bond acceptors (Lipinski definition) is 4. The molecule has 1 aromatic heterocycles. The molecule has 27 heavy (non-hydrogen) atoms. The summed E-state index contributed by atoms with van der Waals surface area (Å²) in [4.78, 5) is 2.59. The Balaban J connectivity index is 0.00000210. The van der Waals surface area contributed by atoms with Gasteiger partial charge in [0.1, 0.15) is 17.6 Å². The Morgan fingerprint density at radius 3 is 2.41 bits per heavy atom. The Morgan fingerprint density at radius 2 is 1.74 bits per heavy atom. The number of halogens is 1. The normalized spacial score (nSPS) is 20.4. The Labute approximate surface area is 168 Å². The number of benzene rings is 1. The fourth-order valence-electron chi connectivity index (χ4n) is 3.98. The maximum atomic E-state index is 5.96. The molecule has 1 fully saturated rings. The van der Waals surface area contributed by atoms with Crippen LogP contribution in [-0.2, 0) is 0 Å². The van der Waals surface area contributed by atoms with Crippen LogP contribution in [0.25, 0.3) is 0 Å². The second-order valence-corrected chi connectivity index (χ2v) is 7.67. The molecule has 1 atom stereocenters. The number of rotatable bonds is 5. The van der Waals surface area contributed by atoms with E-state index in [9.17, 15) is 0 Å². The summed E-state index contributed by atoms with van der Waals surface area (Å²) in [6.45, 7) is 7.75. The van der Waals surface area contributed by atoms with Gasteiger partial charge in [0, 0.05) is 25.1 Å². The number of furan rings is 1. The average molecular weight is 388 g/mol. The number of piperidine rings is 1. The van der Waals surface area contributed by atoms with Crippen LogP contribution in [0.2, 0.25) is 0 Å². The SMILES string of the molecule is Cc1ccc(N2N=C(CCN3CCCCC3)CC2c2ccc(C)o2)cc1.Cl. The van der Waals surface area contributed by atoms with E-state index in [4.69, 9.17) is 9.52 Å². The first-order valence-electron chi connectivity index (χ1n) is 9.90. The van der Waals surface area contributed by atoms with E-state index in [-0.39, 0.29) is 18.4 Å². The summed E-state index contributed by atoms with van der Waals surface area (Å²) >= 11 is 0. The molecule has 1 saturated heterocycles. The summed E-state index contributed by atoms with van der Waals surface area (Å²) < 4.78 is 5.96. The molecule has 146 valence electrons. The molecular weight excluding hydrogens is 358 g/mol. The van der Waals surface area contributed by atoms with Gasteiger partial charge >= 0.3 is 0 Å². The highest BCUT2D eigenvalue weighted by atomic mass is 35.5. The van der Waals surface area contributed by atoms with Crippen molar-refractivity contribution < 1.29 is 4.42 Å². The Kier molecular flexibility index (Phi) is 6.61. The van der Waals surface area contributed by atoms with Crippen LogP contribution in [0.3, 0.4) is 0 Å². The molecule has 2 aromatic rings. The second kappa shape index (κ2) is 8.94. The molecular formula is C22H30ClN3O. The molecule has 4 nitrogen and oxygen atoms in total. The van der Waals surface area contributed by atoms with Gasteiger partial charge in [0.25, 0.3) is 0 Å². The number of nitrogens with zero attached hydrogens (tertiary/aromatic N) is 3. The zero-order chi connectivity index (χ0) is 17.9. The fraction of sp³-hybridized carbons (Fsp3) is 0.500. The molecule has 4 rings (SSSR count). The molecule has 1 unspecified atom stereocenters. The number of likely N-dealkylation sites (tertiary alicyclic amines) is 1. The maximum Gasteiger partial charge on any atom is 0.129 e. The van der Waals surface area contributed by atoms with Crippen LogP contribution >= 0.6 is 12.4 Å². The smallest absolute Gasteiger partial charge is 0.129 e. The molecule has 2 aliphatic heterocycles. The summed E-state index contributed by atoms with van der Waals surface area (Å²) in [7, 11) is 0. The highest BCUT2D eigenvalue weighted by Gasteiger charge is 2.31. The molecule has 0 spiro atoms. The Bertz CT molecular complexity index is 762. The van der Waals surface area contributed by atoms with Crippen LogP contribution in [0, 0.1) is 13.8 Å². The molecule has 0 amide bonds. The predicted molar refractivity (Wildman–Crippen MR) is 114 cm³/mol. The van der Waals surface area contributed by atoms with Gasteiger partial charge in [0.15, 0.2) is 0 Å². The Hall–Kier alpha value is -1.78. The van der Waals surface area contributed by atoms with E-state index in [1.165, 1.54) is 43.6 Å². The van der Waals surface area contributed by atoms with E-state index in [0.717, 1.165) is 36.6 Å². The van der Waals surface area contributed by atoms with Crippen LogP contribution in [0.4, 0.5) is 5.69 Å². The molecule has 0 aliphatic carbocycles. The number of hydrogen-bond donors (Lipinski definition) is 0. The van der Waals surface area contributed by atoms with Gasteiger partial charge in [-0.1, -0.05) is 24.1 Å². The van der Waals surface area contributed by atoms with Crippen molar-refractivity contribution in [1.29, 1.82) is 0 Å². The summed E-state index contributed by atoms with van der Waals surface area (Å²) in [6, 6.07) is 13.0. The summed E-state index contributed by atoms with van der Waals surface area (Å²) in [5, 5.41) is 7.16. The molecule has 1 aromatic carbocycles. The standard InChI is InChI=1S/C22H29N3O.ClH/c1-17-6-9-20(10-7-17)25-21(22-11-8-18(2)26-22)16-19(23-25)12-15-24-13-4-3-5-14-24;/h6-11,21H,3-5,12-16H2,1-2H3;1H. The first kappa shape index (κ1) is 20.0. The van der Waals surface area contributed by atoms with Crippen LogP contribution in [0.5, 0.6) is 0 Å². The lowest BCUT2D eigenvalue weighted by Gasteiger charge is -2.26. The van der Waals surface area contributed by atoms with Gasteiger partial charge in [-0.15, -0.1) is 12.4 Å². The third-order valence-electron chi connectivity index (χ3n) is 5.53. The van der Waals surface area contributed by atoms with Crippen molar-refractivity contribution in [1.82, 2.24) is 4.90 Å². The van der Waals surface area contributed by atoms with Gasteiger partial charge in [-0.3, -0.25) is 5.01 Å². The monoisotopic (exact) mass is 387 g/mol. The highest BCUT2D eigenvalue weighted by Crippen LogP contribution is 2.36. The predicted octanol–water partition coefficient (Wildman–Crippen LogP) is 5.50. The van der Waals surface area contributed by atoms with E-state index in [2.05, 4.69) is 47.2 Å². The highest BCUT2D eigenvalue weighted by molar-refractivity contribution is 5.89. The topological polar surface area (TPSA) is 32.0 Å². The molecule has 0 saturated carbocycles. The summed E-state index contributed by atoms with van der Waals surface area (Å²) in [5.41, 5.74) is 3.70. The van der Waals surface area contributed by atoms with Gasteiger partial charge in [-0.05, 0) is 64.0 Å². The first-order valence-corrected chi connectivity index (χ1v) is 9.90. The van der Waals surface area contributed by atoms with Crippen molar-refractivity contribution in [3.05, 3.63) is 53.5 Å². The average Bonchev–Trinajstić information content (AvgIpc) is 3.28. The molecule has 3 heterocycles.